The van der Waals surface area contributed by atoms with Crippen molar-refractivity contribution in [3.05, 3.63) is 22.4 Å². The van der Waals surface area contributed by atoms with Gasteiger partial charge in [0.1, 0.15) is 0 Å². The van der Waals surface area contributed by atoms with Crippen molar-refractivity contribution >= 4 is 43.2 Å². The molecular weight excluding hydrogens is 244 g/mol. The fourth-order valence-electron chi connectivity index (χ4n) is 0.678. The summed E-state index contributed by atoms with van der Waals surface area (Å²) in [4.78, 5) is 11.2. The second-order valence-corrected chi connectivity index (χ2v) is 6.74. The Bertz CT molecular complexity index is 295. The molecule has 0 spiro atoms. The predicted molar refractivity (Wildman–Crippen MR) is 63.7 cm³/mol. The van der Waals surface area contributed by atoms with Crippen LogP contribution < -0.4 is 5.43 Å². The molecule has 0 aliphatic rings. The Morgan fingerprint density at radius 1 is 1.08 bits per heavy atom. The molecule has 0 radical (unpaired) electrons. The van der Waals surface area contributed by atoms with Crippen LogP contribution >= 0.6 is 43.2 Å². The first-order valence-corrected chi connectivity index (χ1v) is 8.44. The highest BCUT2D eigenvalue weighted by Gasteiger charge is 2.02. The number of rotatable bonds is 4. The molecular formula is C7H8O2S4. The van der Waals surface area contributed by atoms with Gasteiger partial charge in [-0.1, -0.05) is 21.6 Å². The van der Waals surface area contributed by atoms with E-state index in [1.807, 2.05) is 12.5 Å². The Morgan fingerprint density at radius 2 is 1.54 bits per heavy atom. The maximum atomic E-state index is 11.2. The van der Waals surface area contributed by atoms with Gasteiger partial charge in [0.15, 0.2) is 15.6 Å². The summed E-state index contributed by atoms with van der Waals surface area (Å²) in [5.41, 5.74) is -0.000602. The molecule has 0 saturated carbocycles. The molecule has 72 valence electrons. The predicted octanol–water partition coefficient (Wildman–Crippen LogP) is 3.38. The molecule has 0 aliphatic carbocycles. The zero-order valence-corrected chi connectivity index (χ0v) is 10.4. The van der Waals surface area contributed by atoms with Gasteiger partial charge in [-0.25, -0.2) is 0 Å². The van der Waals surface area contributed by atoms with E-state index in [2.05, 4.69) is 0 Å². The van der Waals surface area contributed by atoms with Gasteiger partial charge in [0.2, 0.25) is 0 Å². The molecule has 0 bridgehead atoms. The van der Waals surface area contributed by atoms with Gasteiger partial charge in [-0.2, -0.15) is 0 Å². The average molecular weight is 252 g/mol. The molecule has 0 atom stereocenters. The van der Waals surface area contributed by atoms with Gasteiger partial charge in [-0.05, 0) is 34.1 Å². The SMILES string of the molecule is CSSc1cc(=O)cc(SSC)o1. The Labute approximate surface area is 92.4 Å². The molecule has 1 rings (SSSR count). The summed E-state index contributed by atoms with van der Waals surface area (Å²) in [6, 6.07) is 3.01. The Morgan fingerprint density at radius 3 is 1.92 bits per heavy atom. The molecule has 0 amide bonds. The van der Waals surface area contributed by atoms with E-state index in [0.29, 0.717) is 10.2 Å². The van der Waals surface area contributed by atoms with E-state index in [1.54, 1.807) is 21.6 Å². The first-order valence-electron chi connectivity index (χ1n) is 3.33. The minimum absolute atomic E-state index is 0.000602. The molecule has 0 saturated heterocycles. The van der Waals surface area contributed by atoms with Gasteiger partial charge >= 0.3 is 0 Å². The molecule has 0 aliphatic heterocycles. The maximum Gasteiger partial charge on any atom is 0.187 e. The lowest BCUT2D eigenvalue weighted by molar-refractivity contribution is 0.374. The summed E-state index contributed by atoms with van der Waals surface area (Å²) in [6.45, 7) is 0. The summed E-state index contributed by atoms with van der Waals surface area (Å²) < 4.78 is 5.42. The first kappa shape index (κ1) is 11.4. The van der Waals surface area contributed by atoms with E-state index in [9.17, 15) is 4.79 Å². The van der Waals surface area contributed by atoms with Gasteiger partial charge in [0, 0.05) is 12.1 Å². The average Bonchev–Trinajstić information content (AvgIpc) is 2.04. The molecule has 0 fully saturated rings. The third kappa shape index (κ3) is 3.93. The zero-order valence-electron chi connectivity index (χ0n) is 7.10. The van der Waals surface area contributed by atoms with E-state index in [4.69, 9.17) is 4.42 Å². The maximum absolute atomic E-state index is 11.2. The normalized spacial score (nSPS) is 10.3. The molecule has 2 nitrogen and oxygen atoms in total. The molecule has 1 aromatic rings. The van der Waals surface area contributed by atoms with Crippen LogP contribution in [0.4, 0.5) is 0 Å². The monoisotopic (exact) mass is 252 g/mol. The summed E-state index contributed by atoms with van der Waals surface area (Å²) in [7, 11) is 6.03. The highest BCUT2D eigenvalue weighted by atomic mass is 33.1. The Hall–Kier alpha value is 0.350. The van der Waals surface area contributed by atoms with Crippen LogP contribution in [0.2, 0.25) is 0 Å². The zero-order chi connectivity index (χ0) is 9.68. The second-order valence-electron chi connectivity index (χ2n) is 1.93. The minimum atomic E-state index is -0.000602. The lowest BCUT2D eigenvalue weighted by Crippen LogP contribution is -1.96. The summed E-state index contributed by atoms with van der Waals surface area (Å²) >= 11 is 0. The second kappa shape index (κ2) is 5.95. The summed E-state index contributed by atoms with van der Waals surface area (Å²) in [5.74, 6) is 0. The fourth-order valence-corrected chi connectivity index (χ4v) is 3.11. The molecule has 1 heterocycles. The number of hydrogen-bond donors (Lipinski definition) is 0. The molecule has 6 heteroatoms. The summed E-state index contributed by atoms with van der Waals surface area (Å²) in [6.07, 6.45) is 3.89. The molecule has 0 unspecified atom stereocenters. The third-order valence-electron chi connectivity index (χ3n) is 1.05. The van der Waals surface area contributed by atoms with Gasteiger partial charge in [-0.3, -0.25) is 4.79 Å². The Balaban J connectivity index is 2.90. The van der Waals surface area contributed by atoms with Crippen LogP contribution in [0, 0.1) is 0 Å². The fraction of sp³-hybridized carbons (Fsp3) is 0.286. The van der Waals surface area contributed by atoms with E-state index in [1.165, 1.54) is 33.7 Å². The van der Waals surface area contributed by atoms with Crippen LogP contribution in [0.25, 0.3) is 0 Å². The lowest BCUT2D eigenvalue weighted by Gasteiger charge is -1.99. The van der Waals surface area contributed by atoms with Crippen LogP contribution in [-0.4, -0.2) is 12.5 Å². The van der Waals surface area contributed by atoms with Crippen LogP contribution in [0.1, 0.15) is 0 Å². The van der Waals surface area contributed by atoms with Crippen molar-refractivity contribution in [1.82, 2.24) is 0 Å². The van der Waals surface area contributed by atoms with E-state index in [0.717, 1.165) is 0 Å². The third-order valence-corrected chi connectivity index (χ3v) is 4.10. The van der Waals surface area contributed by atoms with Gasteiger partial charge in [-0.15, -0.1) is 0 Å². The highest BCUT2D eigenvalue weighted by Crippen LogP contribution is 2.33. The minimum Gasteiger partial charge on any atom is -0.442 e. The molecule has 1 aromatic heterocycles. The van der Waals surface area contributed by atoms with Crippen LogP contribution in [-0.2, 0) is 0 Å². The standard InChI is InChI=1S/C7H8O2S4/c1-10-12-6-3-5(8)4-7(9-6)13-11-2/h3-4H,1-2H3. The van der Waals surface area contributed by atoms with Crippen molar-refractivity contribution < 1.29 is 4.42 Å². The van der Waals surface area contributed by atoms with Crippen molar-refractivity contribution in [3.63, 3.8) is 0 Å². The van der Waals surface area contributed by atoms with Crippen molar-refractivity contribution in [2.24, 2.45) is 0 Å². The van der Waals surface area contributed by atoms with E-state index in [-0.39, 0.29) is 5.43 Å². The highest BCUT2D eigenvalue weighted by molar-refractivity contribution is 8.76. The van der Waals surface area contributed by atoms with Crippen LogP contribution in [0.3, 0.4) is 0 Å². The lowest BCUT2D eigenvalue weighted by atomic mass is 10.5. The quantitative estimate of drug-likeness (QED) is 0.763. The largest absolute Gasteiger partial charge is 0.442 e. The Kier molecular flexibility index (Phi) is 5.23. The smallest absolute Gasteiger partial charge is 0.187 e. The van der Waals surface area contributed by atoms with Gasteiger partial charge in [0.25, 0.3) is 0 Å². The summed E-state index contributed by atoms with van der Waals surface area (Å²) in [5, 5.41) is 1.33. The molecule has 0 aromatic carbocycles. The number of hydrogen-bond acceptors (Lipinski definition) is 6. The van der Waals surface area contributed by atoms with Crippen molar-refractivity contribution in [3.8, 4) is 0 Å². The van der Waals surface area contributed by atoms with Crippen LogP contribution in [0.5, 0.6) is 0 Å². The van der Waals surface area contributed by atoms with E-state index >= 15 is 0 Å². The van der Waals surface area contributed by atoms with Crippen molar-refractivity contribution in [2.75, 3.05) is 12.5 Å². The molecule has 0 N–H and O–H groups in total. The van der Waals surface area contributed by atoms with Gasteiger partial charge < -0.3 is 4.42 Å². The first-order chi connectivity index (χ1) is 6.26. The van der Waals surface area contributed by atoms with Crippen molar-refractivity contribution in [2.45, 2.75) is 10.2 Å². The topological polar surface area (TPSA) is 30.2 Å². The van der Waals surface area contributed by atoms with Gasteiger partial charge in [0.05, 0.1) is 0 Å². The van der Waals surface area contributed by atoms with Crippen molar-refractivity contribution in [1.29, 1.82) is 0 Å². The van der Waals surface area contributed by atoms with E-state index < -0.39 is 0 Å². The molecule has 13 heavy (non-hydrogen) atoms. The van der Waals surface area contributed by atoms with Crippen LogP contribution in [0.15, 0.2) is 31.5 Å².